The van der Waals surface area contributed by atoms with Gasteiger partial charge in [0.25, 0.3) is 0 Å². The van der Waals surface area contributed by atoms with E-state index < -0.39 is 13.0 Å². The predicted octanol–water partition coefficient (Wildman–Crippen LogP) is 2.96. The monoisotopic (exact) mass is 339 g/mol. The first-order chi connectivity index (χ1) is 10.3. The highest BCUT2D eigenvalue weighted by Crippen LogP contribution is 2.49. The molecular weight excluding hydrogens is 321 g/mol. The van der Waals surface area contributed by atoms with Gasteiger partial charge in [-0.1, -0.05) is 54.1 Å². The Hall–Kier alpha value is -1.16. The first-order valence-electron chi connectivity index (χ1n) is 6.88. The second-order valence-corrected chi connectivity index (χ2v) is 8.15. The van der Waals surface area contributed by atoms with Crippen molar-refractivity contribution in [1.29, 1.82) is 0 Å². The van der Waals surface area contributed by atoms with E-state index in [-0.39, 0.29) is 18.9 Å². The Morgan fingerprint density at radius 1 is 1.09 bits per heavy atom. The molecule has 0 aliphatic rings. The Labute approximate surface area is 135 Å². The summed E-state index contributed by atoms with van der Waals surface area (Å²) in [5.41, 5.74) is 5.35. The van der Waals surface area contributed by atoms with Crippen LogP contribution in [0, 0.1) is 0 Å². The van der Waals surface area contributed by atoms with Crippen molar-refractivity contribution in [3.8, 4) is 0 Å². The molecule has 0 bridgehead atoms. The topological polar surface area (TPSA) is 83.5 Å². The van der Waals surface area contributed by atoms with Crippen LogP contribution in [0.2, 0.25) is 5.02 Å². The van der Waals surface area contributed by atoms with Crippen LogP contribution >= 0.6 is 19.0 Å². The molecule has 0 amide bonds. The van der Waals surface area contributed by atoms with E-state index in [1.54, 1.807) is 36.4 Å². The first kappa shape index (κ1) is 17.2. The fourth-order valence-electron chi connectivity index (χ4n) is 2.37. The second-order valence-electron chi connectivity index (χ2n) is 5.39. The van der Waals surface area contributed by atoms with Gasteiger partial charge in [-0.05, 0) is 23.3 Å². The molecule has 0 aliphatic carbocycles. The Balaban J connectivity index is 2.20. The Kier molecular flexibility index (Phi) is 5.43. The quantitative estimate of drug-likeness (QED) is 0.706. The molecule has 6 heteroatoms. The van der Waals surface area contributed by atoms with Crippen LogP contribution in [0.25, 0.3) is 0 Å². The summed E-state index contributed by atoms with van der Waals surface area (Å²) in [6.45, 7) is -0.145. The fourth-order valence-corrected chi connectivity index (χ4v) is 4.52. The van der Waals surface area contributed by atoms with Crippen molar-refractivity contribution in [2.24, 2.45) is 5.73 Å². The zero-order chi connectivity index (χ0) is 16.2. The molecule has 4 N–H and O–H groups in total. The van der Waals surface area contributed by atoms with E-state index in [1.807, 2.05) is 18.2 Å². The maximum Gasteiger partial charge on any atom is 0.208 e. The number of aliphatic hydroxyl groups is 1. The minimum Gasteiger partial charge on any atom is -0.383 e. The number of hydrogen-bond acceptors (Lipinski definition) is 3. The van der Waals surface area contributed by atoms with Gasteiger partial charge in [-0.15, -0.1) is 0 Å². The summed E-state index contributed by atoms with van der Waals surface area (Å²) in [4.78, 5) is 10.3. The van der Waals surface area contributed by atoms with Gasteiger partial charge in [0.05, 0.1) is 6.16 Å². The van der Waals surface area contributed by atoms with Crippen molar-refractivity contribution in [3.63, 3.8) is 0 Å². The lowest BCUT2D eigenvalue weighted by Gasteiger charge is -2.29. The SMILES string of the molecule is NCC(O)(CP(=O)(O)Cc1ccccc1)c1ccc(Cl)cc1. The molecule has 22 heavy (non-hydrogen) atoms. The van der Waals surface area contributed by atoms with E-state index in [4.69, 9.17) is 17.3 Å². The second kappa shape index (κ2) is 6.95. The molecule has 0 heterocycles. The van der Waals surface area contributed by atoms with Crippen molar-refractivity contribution >= 4 is 19.0 Å². The number of halogens is 1. The van der Waals surface area contributed by atoms with E-state index in [0.717, 1.165) is 5.56 Å². The third-order valence-corrected chi connectivity index (χ3v) is 5.63. The molecule has 2 atom stereocenters. The smallest absolute Gasteiger partial charge is 0.208 e. The average molecular weight is 340 g/mol. The molecule has 2 unspecified atom stereocenters. The van der Waals surface area contributed by atoms with E-state index >= 15 is 0 Å². The molecule has 0 spiro atoms. The predicted molar refractivity (Wildman–Crippen MR) is 89.2 cm³/mol. The number of hydrogen-bond donors (Lipinski definition) is 3. The van der Waals surface area contributed by atoms with Gasteiger partial charge in [0, 0.05) is 17.7 Å². The van der Waals surface area contributed by atoms with Crippen LogP contribution in [0.1, 0.15) is 11.1 Å². The third-order valence-electron chi connectivity index (χ3n) is 3.50. The molecule has 2 aromatic rings. The molecule has 0 radical (unpaired) electrons. The largest absolute Gasteiger partial charge is 0.383 e. The van der Waals surface area contributed by atoms with Crippen LogP contribution in [0.15, 0.2) is 54.6 Å². The third kappa shape index (κ3) is 4.42. The van der Waals surface area contributed by atoms with Gasteiger partial charge < -0.3 is 15.7 Å². The summed E-state index contributed by atoms with van der Waals surface area (Å²) >= 11 is 5.83. The zero-order valence-electron chi connectivity index (χ0n) is 12.0. The standard InChI is InChI=1S/C16H19ClNO3P/c17-15-8-6-14(7-9-15)16(19,11-18)12-22(20,21)10-13-4-2-1-3-5-13/h1-9,19H,10-12,18H2,(H,20,21). The van der Waals surface area contributed by atoms with Crippen LogP contribution in [0.3, 0.4) is 0 Å². The lowest BCUT2D eigenvalue weighted by molar-refractivity contribution is 0.0677. The van der Waals surface area contributed by atoms with Gasteiger partial charge in [-0.2, -0.15) is 0 Å². The molecule has 4 nitrogen and oxygen atoms in total. The van der Waals surface area contributed by atoms with Crippen molar-refractivity contribution in [2.45, 2.75) is 11.8 Å². The summed E-state index contributed by atoms with van der Waals surface area (Å²) in [5.74, 6) is 0. The summed E-state index contributed by atoms with van der Waals surface area (Å²) < 4.78 is 12.5. The summed E-state index contributed by atoms with van der Waals surface area (Å²) in [5, 5.41) is 11.2. The highest BCUT2D eigenvalue weighted by Gasteiger charge is 2.36. The summed E-state index contributed by atoms with van der Waals surface area (Å²) in [7, 11) is -3.59. The number of nitrogens with two attached hydrogens (primary N) is 1. The minimum absolute atomic E-state index is 0.00371. The highest BCUT2D eigenvalue weighted by molar-refractivity contribution is 7.57. The minimum atomic E-state index is -3.59. The molecule has 118 valence electrons. The molecule has 0 fully saturated rings. The molecular formula is C16H19ClNO3P. The fraction of sp³-hybridized carbons (Fsp3) is 0.250. The van der Waals surface area contributed by atoms with Gasteiger partial charge >= 0.3 is 0 Å². The van der Waals surface area contributed by atoms with Crippen LogP contribution in [-0.4, -0.2) is 22.7 Å². The van der Waals surface area contributed by atoms with Gasteiger partial charge in [0.15, 0.2) is 0 Å². The van der Waals surface area contributed by atoms with Crippen molar-refractivity contribution in [3.05, 3.63) is 70.7 Å². The molecule has 0 saturated heterocycles. The molecule has 2 aromatic carbocycles. The summed E-state index contributed by atoms with van der Waals surface area (Å²) in [6.07, 6.45) is -0.295. The summed E-state index contributed by atoms with van der Waals surface area (Å²) in [6, 6.07) is 15.5. The van der Waals surface area contributed by atoms with Gasteiger partial charge in [-0.3, -0.25) is 4.57 Å². The van der Waals surface area contributed by atoms with Gasteiger partial charge in [0.2, 0.25) is 7.37 Å². The van der Waals surface area contributed by atoms with Gasteiger partial charge in [-0.25, -0.2) is 0 Å². The normalized spacial score (nSPS) is 16.7. The number of rotatable bonds is 6. The van der Waals surface area contributed by atoms with E-state index in [9.17, 15) is 14.6 Å². The van der Waals surface area contributed by atoms with E-state index in [2.05, 4.69) is 0 Å². The average Bonchev–Trinajstić information content (AvgIpc) is 2.47. The Bertz CT molecular complexity index is 663. The molecule has 0 saturated carbocycles. The maximum atomic E-state index is 12.5. The molecule has 0 aliphatic heterocycles. The van der Waals surface area contributed by atoms with Gasteiger partial charge in [0.1, 0.15) is 5.60 Å². The molecule has 2 rings (SSSR count). The first-order valence-corrected chi connectivity index (χ1v) is 9.29. The highest BCUT2D eigenvalue weighted by atomic mass is 35.5. The Morgan fingerprint density at radius 2 is 1.68 bits per heavy atom. The number of benzene rings is 2. The maximum absolute atomic E-state index is 12.5. The van der Waals surface area contributed by atoms with Crippen LogP contribution in [-0.2, 0) is 16.3 Å². The van der Waals surface area contributed by atoms with E-state index in [1.165, 1.54) is 0 Å². The Morgan fingerprint density at radius 3 is 2.23 bits per heavy atom. The van der Waals surface area contributed by atoms with Crippen molar-refractivity contribution in [2.75, 3.05) is 12.7 Å². The van der Waals surface area contributed by atoms with E-state index in [0.29, 0.717) is 10.6 Å². The van der Waals surface area contributed by atoms with Crippen molar-refractivity contribution in [1.82, 2.24) is 0 Å². The van der Waals surface area contributed by atoms with Crippen LogP contribution in [0.4, 0.5) is 0 Å². The zero-order valence-corrected chi connectivity index (χ0v) is 13.7. The lowest BCUT2D eigenvalue weighted by atomic mass is 9.96. The lowest BCUT2D eigenvalue weighted by Crippen LogP contribution is -2.38. The van der Waals surface area contributed by atoms with Crippen molar-refractivity contribution < 1.29 is 14.6 Å². The molecule has 0 aromatic heterocycles. The van der Waals surface area contributed by atoms with Crippen LogP contribution in [0.5, 0.6) is 0 Å². The van der Waals surface area contributed by atoms with Crippen LogP contribution < -0.4 is 5.73 Å².